The second-order valence-corrected chi connectivity index (χ2v) is 2.59. The van der Waals surface area contributed by atoms with Gasteiger partial charge in [0.1, 0.15) is 0 Å². The molecule has 0 amide bonds. The lowest BCUT2D eigenvalue weighted by Gasteiger charge is -2.35. The lowest BCUT2D eigenvalue weighted by molar-refractivity contribution is -0.354. The molecule has 0 spiro atoms. The van der Waals surface area contributed by atoms with Gasteiger partial charge >= 0.3 is 0 Å². The molecular formula is C6H19N3O4. The van der Waals surface area contributed by atoms with Gasteiger partial charge in [-0.15, -0.1) is 0 Å². The molecule has 7 nitrogen and oxygen atoms in total. The van der Waals surface area contributed by atoms with Crippen molar-refractivity contribution in [1.82, 2.24) is 0 Å². The molecule has 0 aromatic rings. The first kappa shape index (κ1) is 15.2. The maximum Gasteiger partial charge on any atom is 0.235 e. The zero-order valence-electron chi connectivity index (χ0n) is 7.81. The summed E-state index contributed by atoms with van der Waals surface area (Å²) in [5, 5.41) is 35.5. The average Bonchev–Trinajstić information content (AvgIpc) is 2.04. The van der Waals surface area contributed by atoms with Crippen molar-refractivity contribution in [3.8, 4) is 0 Å². The smallest absolute Gasteiger partial charge is 0.235 e. The molecule has 82 valence electrons. The Morgan fingerprint density at radius 1 is 1.15 bits per heavy atom. The number of rotatable bonds is 3. The van der Waals surface area contributed by atoms with E-state index >= 15 is 0 Å². The van der Waals surface area contributed by atoms with Crippen molar-refractivity contribution in [2.75, 3.05) is 13.6 Å². The number of hydrogen-bond acceptors (Lipinski definition) is 7. The van der Waals surface area contributed by atoms with Crippen LogP contribution in [0, 0.1) is 0 Å². The topological polar surface area (TPSA) is 159 Å². The fourth-order valence-corrected chi connectivity index (χ4v) is 0.516. The summed E-state index contributed by atoms with van der Waals surface area (Å²) in [6.45, 7) is 0.548. The first-order valence-corrected chi connectivity index (χ1v) is 3.66. The Morgan fingerprint density at radius 3 is 1.54 bits per heavy atom. The van der Waals surface area contributed by atoms with Crippen molar-refractivity contribution in [1.29, 1.82) is 0 Å². The Kier molecular flexibility index (Phi) is 6.37. The quantitative estimate of drug-likeness (QED) is 0.229. The Hall–Kier alpha value is -0.280. The molecule has 0 radical (unpaired) electrons. The highest BCUT2D eigenvalue weighted by molar-refractivity contribution is 4.88. The summed E-state index contributed by atoms with van der Waals surface area (Å²) in [7, 11) is 1.50. The van der Waals surface area contributed by atoms with Gasteiger partial charge in [-0.1, -0.05) is 0 Å². The maximum atomic E-state index is 8.97. The summed E-state index contributed by atoms with van der Waals surface area (Å²) in [5.41, 5.74) is 14.6. The molecule has 0 saturated carbocycles. The molecule has 0 saturated heterocycles. The van der Waals surface area contributed by atoms with Crippen LogP contribution in [0.2, 0.25) is 0 Å². The summed E-state index contributed by atoms with van der Waals surface area (Å²) >= 11 is 0. The Morgan fingerprint density at radius 2 is 1.46 bits per heavy atom. The maximum absolute atomic E-state index is 8.97. The van der Waals surface area contributed by atoms with Crippen LogP contribution in [0.1, 0.15) is 6.92 Å². The van der Waals surface area contributed by atoms with Crippen LogP contribution in [0.3, 0.4) is 0 Å². The third-order valence-corrected chi connectivity index (χ3v) is 1.47. The molecule has 0 aromatic heterocycles. The molecule has 0 fully saturated rings. The highest BCUT2D eigenvalue weighted by Crippen LogP contribution is 2.18. The van der Waals surface area contributed by atoms with E-state index in [1.807, 2.05) is 0 Å². The summed E-state index contributed by atoms with van der Waals surface area (Å²) in [6, 6.07) is -1.30. The molecule has 0 aliphatic heterocycles. The van der Waals surface area contributed by atoms with Crippen LogP contribution in [0.15, 0.2) is 0 Å². The van der Waals surface area contributed by atoms with E-state index in [9.17, 15) is 0 Å². The van der Waals surface area contributed by atoms with Gasteiger partial charge in [0.25, 0.3) is 0 Å². The normalized spacial score (nSPS) is 14.5. The Labute approximate surface area is 76.8 Å². The minimum Gasteiger partial charge on any atom is -0.362 e. The van der Waals surface area contributed by atoms with Crippen LogP contribution in [-0.2, 0) is 0 Å². The Bertz CT molecular complexity index is 134. The largest absolute Gasteiger partial charge is 0.362 e. The monoisotopic (exact) mass is 197 g/mol. The highest BCUT2D eigenvalue weighted by Gasteiger charge is 2.47. The summed E-state index contributed by atoms with van der Waals surface area (Å²) in [5.74, 6) is -5.46. The van der Waals surface area contributed by atoms with E-state index in [-0.39, 0.29) is 6.54 Å². The molecule has 10 N–H and O–H groups in total. The van der Waals surface area contributed by atoms with Crippen molar-refractivity contribution < 1.29 is 20.4 Å². The molecule has 0 bridgehead atoms. The van der Waals surface area contributed by atoms with E-state index in [4.69, 9.17) is 31.9 Å². The predicted octanol–water partition coefficient (Wildman–Crippen LogP) is -3.77. The van der Waals surface area contributed by atoms with Gasteiger partial charge in [-0.3, -0.25) is 0 Å². The number of aliphatic hydroxyl groups is 4. The van der Waals surface area contributed by atoms with Crippen LogP contribution >= 0.6 is 0 Å². The fourth-order valence-electron chi connectivity index (χ4n) is 0.516. The fraction of sp³-hybridized carbons (Fsp3) is 1.00. The highest BCUT2D eigenvalue weighted by atomic mass is 16.6. The standard InChI is InChI=1S/C5H14N2O4.CH5N/c1-4(8,9)5(10,11)3(7)2-6;1-2/h3,8-11H,2,6-7H2,1H3;2H2,1H3. The molecular weight excluding hydrogens is 178 g/mol. The summed E-state index contributed by atoms with van der Waals surface area (Å²) in [6.07, 6.45) is 0. The van der Waals surface area contributed by atoms with Gasteiger partial charge in [-0.25, -0.2) is 0 Å². The summed E-state index contributed by atoms with van der Waals surface area (Å²) < 4.78 is 0. The third-order valence-electron chi connectivity index (χ3n) is 1.47. The molecule has 0 aromatic carbocycles. The van der Waals surface area contributed by atoms with Crippen molar-refractivity contribution in [3.05, 3.63) is 0 Å². The molecule has 0 rings (SSSR count). The van der Waals surface area contributed by atoms with Gasteiger partial charge in [0.15, 0.2) is 0 Å². The van der Waals surface area contributed by atoms with E-state index < -0.39 is 17.6 Å². The molecule has 1 unspecified atom stereocenters. The van der Waals surface area contributed by atoms with E-state index in [0.29, 0.717) is 0 Å². The lowest BCUT2D eigenvalue weighted by Crippen LogP contribution is -2.64. The van der Waals surface area contributed by atoms with Gasteiger partial charge in [-0.05, 0) is 14.0 Å². The van der Waals surface area contributed by atoms with Gasteiger partial charge in [0, 0.05) is 6.54 Å². The second kappa shape index (κ2) is 5.45. The molecule has 1 atom stereocenters. The van der Waals surface area contributed by atoms with E-state index in [1.165, 1.54) is 7.05 Å². The van der Waals surface area contributed by atoms with Gasteiger partial charge in [0.2, 0.25) is 11.6 Å². The van der Waals surface area contributed by atoms with Crippen LogP contribution < -0.4 is 17.2 Å². The molecule has 7 heteroatoms. The third kappa shape index (κ3) is 3.96. The zero-order chi connectivity index (χ0) is 11.3. The number of hydrogen-bond donors (Lipinski definition) is 7. The van der Waals surface area contributed by atoms with Crippen molar-refractivity contribution in [2.24, 2.45) is 17.2 Å². The molecule has 0 heterocycles. The first-order chi connectivity index (χ1) is 5.73. The van der Waals surface area contributed by atoms with Crippen LogP contribution in [-0.4, -0.2) is 51.6 Å². The van der Waals surface area contributed by atoms with Crippen molar-refractivity contribution in [3.63, 3.8) is 0 Å². The van der Waals surface area contributed by atoms with Crippen LogP contribution in [0.25, 0.3) is 0 Å². The lowest BCUT2D eigenvalue weighted by atomic mass is 10.00. The first-order valence-electron chi connectivity index (χ1n) is 3.66. The second-order valence-electron chi connectivity index (χ2n) is 2.59. The Balaban J connectivity index is 0. The van der Waals surface area contributed by atoms with E-state index in [0.717, 1.165) is 6.92 Å². The summed E-state index contributed by atoms with van der Waals surface area (Å²) in [4.78, 5) is 0. The van der Waals surface area contributed by atoms with Gasteiger partial charge < -0.3 is 37.6 Å². The van der Waals surface area contributed by atoms with Crippen molar-refractivity contribution >= 4 is 0 Å². The molecule has 0 aliphatic carbocycles. The van der Waals surface area contributed by atoms with Gasteiger partial charge in [-0.2, -0.15) is 0 Å². The zero-order valence-corrected chi connectivity index (χ0v) is 7.81. The SMILES string of the molecule is CC(O)(O)C(O)(O)C(N)CN.CN. The van der Waals surface area contributed by atoms with Crippen LogP contribution in [0.4, 0.5) is 0 Å². The molecule has 0 aliphatic rings. The van der Waals surface area contributed by atoms with E-state index in [1.54, 1.807) is 0 Å². The number of nitrogens with two attached hydrogens (primary N) is 3. The molecule has 13 heavy (non-hydrogen) atoms. The van der Waals surface area contributed by atoms with Crippen LogP contribution in [0.5, 0.6) is 0 Å². The van der Waals surface area contributed by atoms with E-state index in [2.05, 4.69) is 5.73 Å². The van der Waals surface area contributed by atoms with Gasteiger partial charge in [0.05, 0.1) is 6.04 Å². The van der Waals surface area contributed by atoms with Crippen molar-refractivity contribution in [2.45, 2.75) is 24.5 Å². The average molecular weight is 197 g/mol. The minimum atomic E-state index is -2.79. The minimum absolute atomic E-state index is 0.260. The predicted molar refractivity (Wildman–Crippen MR) is 47.2 cm³/mol.